The van der Waals surface area contributed by atoms with Gasteiger partial charge in [0.2, 0.25) is 10.0 Å². The summed E-state index contributed by atoms with van der Waals surface area (Å²) in [6.45, 7) is 1.50. The van der Waals surface area contributed by atoms with Crippen LogP contribution < -0.4 is 10.5 Å². The average molecular weight is 315 g/mol. The van der Waals surface area contributed by atoms with Gasteiger partial charge in [-0.05, 0) is 24.8 Å². The molecule has 8 nitrogen and oxygen atoms in total. The second-order valence-electron chi connectivity index (χ2n) is 4.91. The van der Waals surface area contributed by atoms with Gasteiger partial charge < -0.3 is 10.5 Å². The van der Waals surface area contributed by atoms with Crippen molar-refractivity contribution in [3.8, 4) is 0 Å². The minimum atomic E-state index is -3.79. The minimum absolute atomic E-state index is 0.132. The highest BCUT2D eigenvalue weighted by Gasteiger charge is 2.22. The number of nitro groups is 1. The zero-order valence-corrected chi connectivity index (χ0v) is 12.1. The maximum absolute atomic E-state index is 12.2. The Kier molecular flexibility index (Phi) is 4.76. The second-order valence-corrected chi connectivity index (χ2v) is 6.65. The smallest absolute Gasteiger partial charge is 0.271 e. The summed E-state index contributed by atoms with van der Waals surface area (Å²) in [7, 11) is -3.79. The lowest BCUT2D eigenvalue weighted by molar-refractivity contribution is -0.384. The highest BCUT2D eigenvalue weighted by atomic mass is 32.2. The number of rotatable bonds is 5. The normalized spacial score (nSPS) is 19.3. The number of sulfonamides is 1. The standard InChI is InChI=1S/C12H17N3O5S/c13-11-6-10(15(16)17)3-4-12(11)21(18,19)14-7-9-2-1-5-20-8-9/h3-4,6,9,14H,1-2,5,7-8,13H2. The van der Waals surface area contributed by atoms with Crippen LogP contribution in [0.2, 0.25) is 0 Å². The largest absolute Gasteiger partial charge is 0.397 e. The van der Waals surface area contributed by atoms with Gasteiger partial charge in [-0.25, -0.2) is 13.1 Å². The Hall–Kier alpha value is -1.71. The third kappa shape index (κ3) is 3.90. The summed E-state index contributed by atoms with van der Waals surface area (Å²) in [5, 5.41) is 10.6. The molecule has 1 aromatic rings. The molecule has 1 atom stereocenters. The van der Waals surface area contributed by atoms with Crippen molar-refractivity contribution in [2.75, 3.05) is 25.5 Å². The van der Waals surface area contributed by atoms with Crippen LogP contribution in [0, 0.1) is 16.0 Å². The van der Waals surface area contributed by atoms with Gasteiger partial charge in [0.1, 0.15) is 4.90 Å². The van der Waals surface area contributed by atoms with Crippen molar-refractivity contribution in [1.29, 1.82) is 0 Å². The summed E-state index contributed by atoms with van der Waals surface area (Å²) in [5.74, 6) is 0.132. The molecule has 21 heavy (non-hydrogen) atoms. The molecule has 0 bridgehead atoms. The molecule has 1 unspecified atom stereocenters. The van der Waals surface area contributed by atoms with Crippen molar-refractivity contribution >= 4 is 21.4 Å². The third-order valence-corrected chi connectivity index (χ3v) is 4.81. The molecule has 0 radical (unpaired) electrons. The van der Waals surface area contributed by atoms with Gasteiger partial charge in [0, 0.05) is 25.3 Å². The Morgan fingerprint density at radius 3 is 2.81 bits per heavy atom. The second kappa shape index (κ2) is 6.37. The van der Waals surface area contributed by atoms with Gasteiger partial charge in [0.25, 0.3) is 5.69 Å². The van der Waals surface area contributed by atoms with E-state index >= 15 is 0 Å². The molecule has 0 saturated carbocycles. The molecule has 1 heterocycles. The van der Waals surface area contributed by atoms with Crippen LogP contribution in [0.25, 0.3) is 0 Å². The SMILES string of the molecule is Nc1cc([N+](=O)[O-])ccc1S(=O)(=O)NCC1CCCOC1. The number of nitrogen functional groups attached to an aromatic ring is 1. The quantitative estimate of drug-likeness (QED) is 0.472. The first-order valence-corrected chi connectivity index (χ1v) is 8.00. The van der Waals surface area contributed by atoms with Gasteiger partial charge in [-0.1, -0.05) is 0 Å². The van der Waals surface area contributed by atoms with Crippen LogP contribution in [0.1, 0.15) is 12.8 Å². The molecular formula is C12H17N3O5S. The van der Waals surface area contributed by atoms with E-state index in [0.29, 0.717) is 13.2 Å². The Morgan fingerprint density at radius 2 is 2.24 bits per heavy atom. The molecule has 0 spiro atoms. The molecule has 1 aliphatic rings. The van der Waals surface area contributed by atoms with Crippen LogP contribution in [0.15, 0.2) is 23.1 Å². The van der Waals surface area contributed by atoms with Crippen molar-refractivity contribution in [2.24, 2.45) is 5.92 Å². The summed E-state index contributed by atoms with van der Waals surface area (Å²) in [6, 6.07) is 3.31. The highest BCUT2D eigenvalue weighted by Crippen LogP contribution is 2.24. The summed E-state index contributed by atoms with van der Waals surface area (Å²) >= 11 is 0. The van der Waals surface area contributed by atoms with E-state index in [0.717, 1.165) is 31.0 Å². The van der Waals surface area contributed by atoms with Gasteiger partial charge in [-0.15, -0.1) is 0 Å². The monoisotopic (exact) mass is 315 g/mol. The van der Waals surface area contributed by atoms with Crippen LogP contribution >= 0.6 is 0 Å². The molecule has 3 N–H and O–H groups in total. The van der Waals surface area contributed by atoms with Crippen LogP contribution in [-0.4, -0.2) is 33.1 Å². The number of hydrogen-bond acceptors (Lipinski definition) is 6. The molecule has 1 aliphatic heterocycles. The molecule has 0 aromatic heterocycles. The van der Waals surface area contributed by atoms with Crippen molar-refractivity contribution in [3.05, 3.63) is 28.3 Å². The first-order valence-electron chi connectivity index (χ1n) is 6.51. The van der Waals surface area contributed by atoms with Crippen molar-refractivity contribution in [3.63, 3.8) is 0 Å². The molecule has 9 heteroatoms. The van der Waals surface area contributed by atoms with Crippen molar-refractivity contribution in [2.45, 2.75) is 17.7 Å². The molecule has 0 amide bonds. The Morgan fingerprint density at radius 1 is 1.48 bits per heavy atom. The summed E-state index contributed by atoms with van der Waals surface area (Å²) in [6.07, 6.45) is 1.81. The van der Waals surface area contributed by atoms with Gasteiger partial charge in [0.15, 0.2) is 0 Å². The van der Waals surface area contributed by atoms with Crippen molar-refractivity contribution in [1.82, 2.24) is 4.72 Å². The predicted octanol–water partition coefficient (Wildman–Crippen LogP) is 0.882. The van der Waals surface area contributed by atoms with E-state index in [9.17, 15) is 18.5 Å². The summed E-state index contributed by atoms with van der Waals surface area (Å²) < 4.78 is 32.1. The average Bonchev–Trinajstić information content (AvgIpc) is 2.46. The number of nitrogens with one attached hydrogen (secondary N) is 1. The lowest BCUT2D eigenvalue weighted by atomic mass is 10.0. The number of anilines is 1. The van der Waals surface area contributed by atoms with Crippen LogP contribution in [-0.2, 0) is 14.8 Å². The number of nitrogens with two attached hydrogens (primary N) is 1. The fourth-order valence-corrected chi connectivity index (χ4v) is 3.39. The van der Waals surface area contributed by atoms with E-state index in [4.69, 9.17) is 10.5 Å². The Bertz CT molecular complexity index is 626. The number of ether oxygens (including phenoxy) is 1. The van der Waals surface area contributed by atoms with E-state index in [1.807, 2.05) is 0 Å². The molecule has 1 fully saturated rings. The number of non-ortho nitro benzene ring substituents is 1. The summed E-state index contributed by atoms with van der Waals surface area (Å²) in [4.78, 5) is 9.84. The van der Waals surface area contributed by atoms with Crippen LogP contribution in [0.4, 0.5) is 11.4 Å². The maximum Gasteiger partial charge on any atom is 0.271 e. The van der Waals surface area contributed by atoms with E-state index < -0.39 is 14.9 Å². The van der Waals surface area contributed by atoms with Gasteiger partial charge in [0.05, 0.1) is 17.2 Å². The lowest BCUT2D eigenvalue weighted by Gasteiger charge is -2.22. The highest BCUT2D eigenvalue weighted by molar-refractivity contribution is 7.89. The Labute approximate surface area is 122 Å². The van der Waals surface area contributed by atoms with E-state index in [1.54, 1.807) is 0 Å². The number of nitro benzene ring substituents is 1. The van der Waals surface area contributed by atoms with E-state index in [2.05, 4.69) is 4.72 Å². The fourth-order valence-electron chi connectivity index (χ4n) is 2.17. The molecule has 1 saturated heterocycles. The van der Waals surface area contributed by atoms with Crippen LogP contribution in [0.5, 0.6) is 0 Å². The predicted molar refractivity (Wildman–Crippen MR) is 76.2 cm³/mol. The fraction of sp³-hybridized carbons (Fsp3) is 0.500. The molecular weight excluding hydrogens is 298 g/mol. The zero-order chi connectivity index (χ0) is 15.5. The van der Waals surface area contributed by atoms with E-state index in [1.165, 1.54) is 0 Å². The molecule has 2 rings (SSSR count). The van der Waals surface area contributed by atoms with Gasteiger partial charge in [-0.3, -0.25) is 10.1 Å². The van der Waals surface area contributed by atoms with Crippen molar-refractivity contribution < 1.29 is 18.1 Å². The number of hydrogen-bond donors (Lipinski definition) is 2. The first kappa shape index (κ1) is 15.7. The Balaban J connectivity index is 2.10. The number of benzene rings is 1. The lowest BCUT2D eigenvalue weighted by Crippen LogP contribution is -2.33. The van der Waals surface area contributed by atoms with Gasteiger partial charge >= 0.3 is 0 Å². The zero-order valence-electron chi connectivity index (χ0n) is 11.3. The summed E-state index contributed by atoms with van der Waals surface area (Å²) in [5.41, 5.74) is 5.22. The van der Waals surface area contributed by atoms with Crippen LogP contribution in [0.3, 0.4) is 0 Å². The first-order chi connectivity index (χ1) is 9.90. The molecule has 116 valence electrons. The minimum Gasteiger partial charge on any atom is -0.397 e. The van der Waals surface area contributed by atoms with Gasteiger partial charge in [-0.2, -0.15) is 0 Å². The van der Waals surface area contributed by atoms with E-state index in [-0.39, 0.29) is 28.7 Å². The third-order valence-electron chi connectivity index (χ3n) is 3.31. The molecule has 0 aliphatic carbocycles. The number of nitrogens with zero attached hydrogens (tertiary/aromatic N) is 1. The topological polar surface area (TPSA) is 125 Å². The maximum atomic E-state index is 12.2. The molecule has 1 aromatic carbocycles.